The Labute approximate surface area is 259 Å². The number of aliphatic hydroxyl groups is 3. The Morgan fingerprint density at radius 2 is 1.59 bits per heavy atom. The van der Waals surface area contributed by atoms with E-state index < -0.39 is 42.5 Å². The van der Waals surface area contributed by atoms with Crippen molar-refractivity contribution in [1.82, 2.24) is 10.2 Å². The van der Waals surface area contributed by atoms with Gasteiger partial charge in [-0.05, 0) is 26.2 Å². The predicted molar refractivity (Wildman–Crippen MR) is 167 cm³/mol. The fraction of sp³-hybridized carbons (Fsp3) is 0.833. The number of aliphatic hydroxyl groups excluding tert-OH is 3. The molecule has 10 nitrogen and oxygen atoms in total. The first-order valence-electron chi connectivity index (χ1n) is 15.2. The molecule has 4 N–H and O–H groups in total. The molecule has 1 saturated heterocycles. The molecule has 41 heavy (non-hydrogen) atoms. The van der Waals surface area contributed by atoms with Crippen LogP contribution < -0.4 is 5.32 Å². The van der Waals surface area contributed by atoms with E-state index in [0.717, 1.165) is 19.3 Å². The maximum absolute atomic E-state index is 12.9. The lowest BCUT2D eigenvalue weighted by Gasteiger charge is -2.28. The lowest BCUT2D eigenvalue weighted by Crippen LogP contribution is -2.55. The molecule has 1 unspecified atom stereocenters. The largest absolute Gasteiger partial charge is 0.460 e. The fourth-order valence-corrected chi connectivity index (χ4v) is 5.12. The maximum atomic E-state index is 12.9. The molecule has 1 heterocycles. The summed E-state index contributed by atoms with van der Waals surface area (Å²) in [5.74, 6) is -1.42. The van der Waals surface area contributed by atoms with Crippen LogP contribution in [0.15, 0.2) is 12.2 Å². The van der Waals surface area contributed by atoms with Crippen LogP contribution >= 0.6 is 22.6 Å². The highest BCUT2D eigenvalue weighted by molar-refractivity contribution is 14.1. The van der Waals surface area contributed by atoms with Crippen LogP contribution in [0.5, 0.6) is 0 Å². The van der Waals surface area contributed by atoms with Gasteiger partial charge in [0.05, 0.1) is 6.54 Å². The molecule has 1 rings (SSSR count). The number of halogens is 1. The Morgan fingerprint density at radius 1 is 1.00 bits per heavy atom. The van der Waals surface area contributed by atoms with Crippen molar-refractivity contribution in [2.24, 2.45) is 0 Å². The second-order valence-electron chi connectivity index (χ2n) is 11.1. The molecule has 11 heteroatoms. The molecule has 0 saturated carbocycles. The third kappa shape index (κ3) is 15.1. The van der Waals surface area contributed by atoms with E-state index in [1.54, 1.807) is 13.1 Å². The van der Waals surface area contributed by atoms with Gasteiger partial charge in [0.2, 0.25) is 5.91 Å². The van der Waals surface area contributed by atoms with Crippen LogP contribution in [0.4, 0.5) is 0 Å². The first kappa shape index (κ1) is 37.7. The van der Waals surface area contributed by atoms with Gasteiger partial charge in [0.1, 0.15) is 30.5 Å². The normalized spacial score (nSPS) is 21.7. The molecular weight excluding hydrogens is 643 g/mol. The van der Waals surface area contributed by atoms with Crippen molar-refractivity contribution < 1.29 is 39.2 Å². The highest BCUT2D eigenvalue weighted by Crippen LogP contribution is 2.18. The van der Waals surface area contributed by atoms with Crippen LogP contribution in [0.3, 0.4) is 0 Å². The molecule has 0 aromatic rings. The van der Waals surface area contributed by atoms with Crippen molar-refractivity contribution in [3.63, 3.8) is 0 Å². The van der Waals surface area contributed by atoms with E-state index in [1.165, 1.54) is 63.0 Å². The summed E-state index contributed by atoms with van der Waals surface area (Å²) in [5, 5.41) is 33.6. The smallest absolute Gasteiger partial charge is 0.306 e. The van der Waals surface area contributed by atoms with E-state index in [0.29, 0.717) is 12.8 Å². The zero-order chi connectivity index (χ0) is 30.8. The molecule has 238 valence electrons. The first-order chi connectivity index (χ1) is 19.5. The number of hydrogen-bond acceptors (Lipinski definition) is 8. The molecule has 0 aliphatic carbocycles. The summed E-state index contributed by atoms with van der Waals surface area (Å²) in [4.78, 5) is 39.7. The van der Waals surface area contributed by atoms with Gasteiger partial charge < -0.3 is 35.0 Å². The van der Waals surface area contributed by atoms with Crippen molar-refractivity contribution in [3.8, 4) is 0 Å². The van der Waals surface area contributed by atoms with Crippen molar-refractivity contribution in [3.05, 3.63) is 12.2 Å². The van der Waals surface area contributed by atoms with E-state index in [4.69, 9.17) is 9.47 Å². The Balaban J connectivity index is 2.50. The Morgan fingerprint density at radius 3 is 2.15 bits per heavy atom. The molecule has 0 aromatic heterocycles. The molecule has 2 amide bonds. The summed E-state index contributed by atoms with van der Waals surface area (Å²) in [5.41, 5.74) is 0. The number of likely N-dealkylation sites (N-methyl/N-ethyl adjacent to an activating group) is 1. The molecule has 0 bridgehead atoms. The number of amides is 2. The second kappa shape index (κ2) is 21.4. The summed E-state index contributed by atoms with van der Waals surface area (Å²) in [6.45, 7) is 4.32. The fourth-order valence-electron chi connectivity index (χ4n) is 4.88. The standard InChI is InChI=1S/C30H53IN2O8/c1-5-6-7-8-9-10-11-12-13-14-15-25(35)41-22-17-18-23(30(39)33(3)20-22)32-29(38)28(40-4)27(37)26(36)24(34)19-16-21(2)31/h16,19,21-24,26-28,34,36-37H,5-15,17-18,20H2,1-4H3,(H,32,38)/b19-16+/t21?,22-,23-,24+,26-,27+,28+/m0/s1. The van der Waals surface area contributed by atoms with Crippen molar-refractivity contribution in [2.75, 3.05) is 20.7 Å². The number of allylic oxidation sites excluding steroid dienone is 1. The number of carbonyl (C=O) groups excluding carboxylic acids is 3. The number of unbranched alkanes of at least 4 members (excludes halogenated alkanes) is 9. The second-order valence-corrected chi connectivity index (χ2v) is 13.1. The first-order valence-corrected chi connectivity index (χ1v) is 16.4. The van der Waals surface area contributed by atoms with Crippen LogP contribution in [0, 0.1) is 0 Å². The molecule has 0 spiro atoms. The maximum Gasteiger partial charge on any atom is 0.306 e. The zero-order valence-corrected chi connectivity index (χ0v) is 27.5. The van der Waals surface area contributed by atoms with Gasteiger partial charge >= 0.3 is 5.97 Å². The topological polar surface area (TPSA) is 146 Å². The Hall–Kier alpha value is -1.28. The number of methoxy groups -OCH3 is 1. The quantitative estimate of drug-likeness (QED) is 0.0499. The summed E-state index contributed by atoms with van der Waals surface area (Å²) < 4.78 is 10.9. The summed E-state index contributed by atoms with van der Waals surface area (Å²) in [6.07, 6.45) is 8.96. The van der Waals surface area contributed by atoms with Gasteiger partial charge in [0, 0.05) is 24.5 Å². The number of alkyl halides is 1. The van der Waals surface area contributed by atoms with E-state index >= 15 is 0 Å². The van der Waals surface area contributed by atoms with Crippen LogP contribution in [-0.2, 0) is 23.9 Å². The highest BCUT2D eigenvalue weighted by Gasteiger charge is 2.38. The molecule has 1 aliphatic heterocycles. The number of likely N-dealkylation sites (tertiary alicyclic amines) is 1. The molecule has 0 radical (unpaired) electrons. The molecule has 7 atom stereocenters. The number of carbonyl (C=O) groups is 3. The zero-order valence-electron chi connectivity index (χ0n) is 25.3. The van der Waals surface area contributed by atoms with Gasteiger partial charge in [-0.3, -0.25) is 14.4 Å². The van der Waals surface area contributed by atoms with Gasteiger partial charge in [-0.25, -0.2) is 0 Å². The third-order valence-corrected chi connectivity index (χ3v) is 7.79. The minimum Gasteiger partial charge on any atom is -0.460 e. The average molecular weight is 697 g/mol. The van der Waals surface area contributed by atoms with Crippen LogP contribution in [0.2, 0.25) is 0 Å². The highest BCUT2D eigenvalue weighted by atomic mass is 127. The number of nitrogens with zero attached hydrogens (tertiary/aromatic N) is 1. The third-order valence-electron chi connectivity index (χ3n) is 7.37. The molecule has 1 fully saturated rings. The van der Waals surface area contributed by atoms with Gasteiger partial charge in [-0.15, -0.1) is 0 Å². The molecule has 0 aromatic carbocycles. The van der Waals surface area contributed by atoms with Gasteiger partial charge in [-0.2, -0.15) is 0 Å². The van der Waals surface area contributed by atoms with E-state index in [-0.39, 0.29) is 28.8 Å². The van der Waals surface area contributed by atoms with Crippen LogP contribution in [-0.4, -0.2) is 99.2 Å². The number of rotatable bonds is 20. The lowest BCUT2D eigenvalue weighted by atomic mass is 10.0. The van der Waals surface area contributed by atoms with Crippen LogP contribution in [0.1, 0.15) is 97.3 Å². The summed E-state index contributed by atoms with van der Waals surface area (Å²) in [7, 11) is 2.78. The number of hydrogen-bond donors (Lipinski definition) is 4. The molecule has 1 aliphatic rings. The number of esters is 1. The van der Waals surface area contributed by atoms with Crippen molar-refractivity contribution >= 4 is 40.4 Å². The Kier molecular flexibility index (Phi) is 19.7. The minimum absolute atomic E-state index is 0.0918. The number of nitrogens with one attached hydrogen (secondary N) is 1. The molecular formula is C30H53IN2O8. The monoisotopic (exact) mass is 696 g/mol. The van der Waals surface area contributed by atoms with Crippen molar-refractivity contribution in [2.45, 2.75) is 138 Å². The van der Waals surface area contributed by atoms with Gasteiger partial charge in [0.15, 0.2) is 6.10 Å². The van der Waals surface area contributed by atoms with E-state index in [1.807, 2.05) is 6.92 Å². The van der Waals surface area contributed by atoms with E-state index in [9.17, 15) is 29.7 Å². The predicted octanol–water partition coefficient (Wildman–Crippen LogP) is 3.42. The SMILES string of the molecule is CCCCCCCCCCCCC(=O)O[C@H]1CC[C@H](NC(=O)[C@H](OC)[C@H](O)[C@@H](O)[C@H](O)/C=C/C(C)I)C(=O)N(C)C1. The lowest BCUT2D eigenvalue weighted by molar-refractivity contribution is -0.151. The van der Waals surface area contributed by atoms with Crippen LogP contribution in [0.25, 0.3) is 0 Å². The summed E-state index contributed by atoms with van der Waals surface area (Å²) >= 11 is 2.11. The summed E-state index contributed by atoms with van der Waals surface area (Å²) in [6, 6.07) is -0.912. The Bertz CT molecular complexity index is 796. The van der Waals surface area contributed by atoms with Crippen molar-refractivity contribution in [1.29, 1.82) is 0 Å². The average Bonchev–Trinajstić information content (AvgIpc) is 3.05. The minimum atomic E-state index is -1.73. The van der Waals surface area contributed by atoms with Gasteiger partial charge in [0.25, 0.3) is 5.91 Å². The van der Waals surface area contributed by atoms with Gasteiger partial charge in [-0.1, -0.05) is 99.5 Å². The van der Waals surface area contributed by atoms with E-state index in [2.05, 4.69) is 34.8 Å². The number of ether oxygens (including phenoxy) is 2.